The molecule has 3 aromatic rings. The Morgan fingerprint density at radius 1 is 1.18 bits per heavy atom. The summed E-state index contributed by atoms with van der Waals surface area (Å²) in [5, 5.41) is 7.48. The maximum atomic E-state index is 14.5. The topological polar surface area (TPSA) is 59.4 Å². The summed E-state index contributed by atoms with van der Waals surface area (Å²) in [6.07, 6.45) is 1.69. The molecule has 2 fully saturated rings. The zero-order chi connectivity index (χ0) is 23.2. The minimum Gasteiger partial charge on any atom is -0.374 e. The van der Waals surface area contributed by atoms with E-state index in [0.29, 0.717) is 30.7 Å². The SMILES string of the molecule is O=C(NCC1CN(Cc2ccccc2)CCO1)c1nn(-c2ccc(F)cc2F)c2c1C[C@@H]1C[C@H]21. The van der Waals surface area contributed by atoms with Crippen LogP contribution < -0.4 is 5.32 Å². The van der Waals surface area contributed by atoms with E-state index in [1.807, 2.05) is 18.2 Å². The van der Waals surface area contributed by atoms with Crippen LogP contribution in [0.15, 0.2) is 48.5 Å². The molecule has 176 valence electrons. The van der Waals surface area contributed by atoms with E-state index in [4.69, 9.17) is 4.74 Å². The molecule has 1 aromatic heterocycles. The summed E-state index contributed by atoms with van der Waals surface area (Å²) >= 11 is 0. The molecule has 1 amide bonds. The summed E-state index contributed by atoms with van der Waals surface area (Å²) < 4.78 is 35.3. The van der Waals surface area contributed by atoms with Crippen molar-refractivity contribution in [3.05, 3.63) is 82.7 Å². The van der Waals surface area contributed by atoms with E-state index in [1.54, 1.807) is 0 Å². The van der Waals surface area contributed by atoms with Gasteiger partial charge in [0.1, 0.15) is 11.5 Å². The van der Waals surface area contributed by atoms with Crippen LogP contribution >= 0.6 is 0 Å². The van der Waals surface area contributed by atoms with Gasteiger partial charge in [0.25, 0.3) is 5.91 Å². The van der Waals surface area contributed by atoms with Gasteiger partial charge in [-0.15, -0.1) is 0 Å². The first-order valence-electron chi connectivity index (χ1n) is 11.8. The summed E-state index contributed by atoms with van der Waals surface area (Å²) in [5.74, 6) is -0.816. The van der Waals surface area contributed by atoms with E-state index in [2.05, 4.69) is 27.4 Å². The normalized spacial score (nSPS) is 23.4. The zero-order valence-electron chi connectivity index (χ0n) is 18.7. The van der Waals surface area contributed by atoms with E-state index < -0.39 is 11.6 Å². The molecule has 1 saturated carbocycles. The molecule has 6 nitrogen and oxygen atoms in total. The Morgan fingerprint density at radius 3 is 2.85 bits per heavy atom. The van der Waals surface area contributed by atoms with Crippen molar-refractivity contribution in [2.24, 2.45) is 5.92 Å². The average Bonchev–Trinajstić information content (AvgIpc) is 3.34. The lowest BCUT2D eigenvalue weighted by molar-refractivity contribution is -0.0292. The maximum absolute atomic E-state index is 14.5. The minimum absolute atomic E-state index is 0.112. The summed E-state index contributed by atoms with van der Waals surface area (Å²) in [6.45, 7) is 3.42. The fourth-order valence-electron chi connectivity index (χ4n) is 5.31. The average molecular weight is 465 g/mol. The second-order valence-corrected chi connectivity index (χ2v) is 9.45. The predicted molar refractivity (Wildman–Crippen MR) is 122 cm³/mol. The van der Waals surface area contributed by atoms with Crippen LogP contribution in [0.3, 0.4) is 0 Å². The van der Waals surface area contributed by atoms with E-state index in [-0.39, 0.29) is 17.7 Å². The second-order valence-electron chi connectivity index (χ2n) is 9.45. The van der Waals surface area contributed by atoms with Gasteiger partial charge in [-0.3, -0.25) is 9.69 Å². The first kappa shape index (κ1) is 21.4. The Morgan fingerprint density at radius 2 is 2.03 bits per heavy atom. The Balaban J connectivity index is 1.16. The minimum atomic E-state index is -0.685. The van der Waals surface area contributed by atoms with Gasteiger partial charge in [0.15, 0.2) is 11.5 Å². The van der Waals surface area contributed by atoms with Gasteiger partial charge in [0.05, 0.1) is 18.4 Å². The third-order valence-corrected chi connectivity index (χ3v) is 7.08. The van der Waals surface area contributed by atoms with E-state index in [1.165, 1.54) is 22.4 Å². The first-order valence-corrected chi connectivity index (χ1v) is 11.8. The Bertz CT molecular complexity index is 1230. The summed E-state index contributed by atoms with van der Waals surface area (Å²) in [6, 6.07) is 13.7. The standard InChI is InChI=1S/C26H26F2N4O2/c27-18-6-7-23(22(28)12-18)32-25-20-10-17(20)11-21(25)24(30-32)26(33)29-13-19-15-31(8-9-34-19)14-16-4-2-1-3-5-16/h1-7,12,17,19-20H,8-11,13-15H2,(H,29,33)/t17-,19?,20-/m0/s1. The third-order valence-electron chi connectivity index (χ3n) is 7.08. The number of nitrogens with one attached hydrogen (secondary N) is 1. The highest BCUT2D eigenvalue weighted by Crippen LogP contribution is 2.57. The number of hydrogen-bond donors (Lipinski definition) is 1. The van der Waals surface area contributed by atoms with Gasteiger partial charge in [0, 0.05) is 43.7 Å². The van der Waals surface area contributed by atoms with Crippen molar-refractivity contribution in [3.8, 4) is 5.69 Å². The fraction of sp³-hybridized carbons (Fsp3) is 0.385. The number of ether oxygens (including phenoxy) is 1. The number of nitrogens with zero attached hydrogens (tertiary/aromatic N) is 3. The monoisotopic (exact) mass is 464 g/mol. The van der Waals surface area contributed by atoms with Gasteiger partial charge >= 0.3 is 0 Å². The summed E-state index contributed by atoms with van der Waals surface area (Å²) in [5.41, 5.74) is 3.54. The summed E-state index contributed by atoms with van der Waals surface area (Å²) in [7, 11) is 0. The molecule has 1 saturated heterocycles. The number of morpholine rings is 1. The molecule has 2 aromatic carbocycles. The quantitative estimate of drug-likeness (QED) is 0.607. The molecular formula is C26H26F2N4O2. The Hall–Kier alpha value is -3.10. The highest BCUT2D eigenvalue weighted by atomic mass is 19.1. The van der Waals surface area contributed by atoms with Crippen LogP contribution in [0, 0.1) is 17.6 Å². The number of carbonyl (C=O) groups is 1. The molecule has 6 rings (SSSR count). The van der Waals surface area contributed by atoms with Gasteiger partial charge in [-0.25, -0.2) is 13.5 Å². The van der Waals surface area contributed by atoms with Gasteiger partial charge in [-0.1, -0.05) is 30.3 Å². The highest BCUT2D eigenvalue weighted by Gasteiger charge is 2.50. The van der Waals surface area contributed by atoms with E-state index >= 15 is 0 Å². The molecule has 3 atom stereocenters. The predicted octanol–water partition coefficient (Wildman–Crippen LogP) is 3.44. The van der Waals surface area contributed by atoms with Crippen molar-refractivity contribution in [1.82, 2.24) is 20.0 Å². The van der Waals surface area contributed by atoms with E-state index in [0.717, 1.165) is 49.8 Å². The molecule has 1 aliphatic heterocycles. The second kappa shape index (κ2) is 8.60. The maximum Gasteiger partial charge on any atom is 0.272 e. The van der Waals surface area contributed by atoms with Crippen molar-refractivity contribution in [1.29, 1.82) is 0 Å². The smallest absolute Gasteiger partial charge is 0.272 e. The van der Waals surface area contributed by atoms with E-state index in [9.17, 15) is 13.6 Å². The molecule has 34 heavy (non-hydrogen) atoms. The van der Waals surface area contributed by atoms with Gasteiger partial charge < -0.3 is 10.1 Å². The van der Waals surface area contributed by atoms with Crippen LogP contribution in [0.2, 0.25) is 0 Å². The van der Waals surface area contributed by atoms with Crippen LogP contribution in [0.1, 0.15) is 39.6 Å². The lowest BCUT2D eigenvalue weighted by Gasteiger charge is -2.33. The number of amides is 1. The van der Waals surface area contributed by atoms with Gasteiger partial charge in [-0.05, 0) is 36.5 Å². The molecule has 0 radical (unpaired) electrons. The lowest BCUT2D eigenvalue weighted by atomic mass is 10.1. The number of carbonyl (C=O) groups excluding carboxylic acids is 1. The highest BCUT2D eigenvalue weighted by molar-refractivity contribution is 5.94. The summed E-state index contributed by atoms with van der Waals surface area (Å²) in [4.78, 5) is 15.4. The molecule has 3 aliphatic rings. The van der Waals surface area contributed by atoms with Crippen LogP contribution in [-0.4, -0.2) is 52.9 Å². The molecule has 0 spiro atoms. The van der Waals surface area contributed by atoms with Crippen molar-refractivity contribution in [2.75, 3.05) is 26.2 Å². The molecule has 1 N–H and O–H groups in total. The molecule has 2 aliphatic carbocycles. The third kappa shape index (κ3) is 4.01. The van der Waals surface area contributed by atoms with Crippen LogP contribution in [0.4, 0.5) is 8.78 Å². The van der Waals surface area contributed by atoms with Gasteiger partial charge in [-0.2, -0.15) is 5.10 Å². The van der Waals surface area contributed by atoms with Crippen LogP contribution in [0.5, 0.6) is 0 Å². The number of fused-ring (bicyclic) bond motifs is 3. The molecular weight excluding hydrogens is 438 g/mol. The number of halogens is 2. The van der Waals surface area contributed by atoms with Crippen LogP contribution in [-0.2, 0) is 17.7 Å². The fourth-order valence-corrected chi connectivity index (χ4v) is 5.31. The van der Waals surface area contributed by atoms with Gasteiger partial charge in [0.2, 0.25) is 0 Å². The Kier molecular flexibility index (Phi) is 5.42. The number of benzene rings is 2. The molecule has 0 bridgehead atoms. The largest absolute Gasteiger partial charge is 0.374 e. The number of aromatic nitrogens is 2. The van der Waals surface area contributed by atoms with Crippen molar-refractivity contribution < 1.29 is 18.3 Å². The number of hydrogen-bond acceptors (Lipinski definition) is 4. The first-order chi connectivity index (χ1) is 16.6. The molecule has 8 heteroatoms. The zero-order valence-corrected chi connectivity index (χ0v) is 18.7. The van der Waals surface area contributed by atoms with Crippen LogP contribution in [0.25, 0.3) is 5.69 Å². The Labute approximate surface area is 196 Å². The van der Waals surface area contributed by atoms with Crippen molar-refractivity contribution in [2.45, 2.75) is 31.4 Å². The van der Waals surface area contributed by atoms with Crippen molar-refractivity contribution >= 4 is 5.91 Å². The lowest BCUT2D eigenvalue weighted by Crippen LogP contribution is -2.47. The number of rotatable bonds is 6. The molecule has 1 unspecified atom stereocenters. The molecule has 2 heterocycles. The van der Waals surface area contributed by atoms with Crippen molar-refractivity contribution in [3.63, 3.8) is 0 Å².